The number of amides is 3. The number of nitrogens with zero attached hydrogens (tertiary/aromatic N) is 3. The second-order valence-electron chi connectivity index (χ2n) is 15.7. The van der Waals surface area contributed by atoms with Gasteiger partial charge < -0.3 is 33.9 Å². The molecule has 4 fully saturated rings. The van der Waals surface area contributed by atoms with Crippen molar-refractivity contribution in [1.29, 1.82) is 0 Å². The lowest BCUT2D eigenvalue weighted by Crippen LogP contribution is -2.50. The van der Waals surface area contributed by atoms with Crippen molar-refractivity contribution < 1.29 is 38.4 Å². The zero-order valence-electron chi connectivity index (χ0n) is 29.8. The maximum Gasteiger partial charge on any atom is 0.416 e. The van der Waals surface area contributed by atoms with Crippen molar-refractivity contribution in [3.63, 3.8) is 0 Å². The average Bonchev–Trinajstić information content (AvgIpc) is 4.00. The molecule has 1 N–H and O–H groups in total. The molecule has 4 heterocycles. The Morgan fingerprint density at radius 1 is 0.902 bits per heavy atom. The monoisotopic (exact) mass is 699 g/mol. The lowest BCUT2D eigenvalue weighted by Gasteiger charge is -2.31. The van der Waals surface area contributed by atoms with E-state index in [0.29, 0.717) is 66.1 Å². The molecule has 11 heteroatoms. The highest BCUT2D eigenvalue weighted by atomic mass is 16.6. The topological polar surface area (TPSA) is 118 Å². The van der Waals surface area contributed by atoms with Gasteiger partial charge in [-0.25, -0.2) is 9.69 Å². The largest absolute Gasteiger partial charge is 0.493 e. The van der Waals surface area contributed by atoms with Crippen LogP contribution in [0.15, 0.2) is 36.9 Å². The second-order valence-corrected chi connectivity index (χ2v) is 15.7. The normalized spacial score (nSPS) is 24.7. The van der Waals surface area contributed by atoms with Crippen molar-refractivity contribution >= 4 is 23.6 Å². The van der Waals surface area contributed by atoms with Crippen LogP contribution in [0.25, 0.3) is 0 Å². The number of anilines is 1. The molecule has 2 saturated heterocycles. The number of unbranched alkanes of at least 4 members (excludes halogenated alkanes) is 2. The van der Waals surface area contributed by atoms with Gasteiger partial charge in [0.15, 0.2) is 17.7 Å². The number of hydrogen-bond acceptors (Lipinski definition) is 8. The van der Waals surface area contributed by atoms with E-state index in [1.54, 1.807) is 24.1 Å². The number of aliphatic hydroxyl groups excluding tert-OH is 1. The Labute approximate surface area is 299 Å². The first-order chi connectivity index (χ1) is 24.6. The van der Waals surface area contributed by atoms with Crippen LogP contribution in [0, 0.1) is 17.8 Å². The van der Waals surface area contributed by atoms with Crippen LogP contribution in [0.1, 0.15) is 96.1 Å². The average molecular weight is 700 g/mol. The summed E-state index contributed by atoms with van der Waals surface area (Å²) in [5.74, 6) is 1.74. The third-order valence-corrected chi connectivity index (χ3v) is 12.2. The Balaban J connectivity index is 0.882. The highest BCUT2D eigenvalue weighted by Gasteiger charge is 2.58. The van der Waals surface area contributed by atoms with Crippen LogP contribution in [0.2, 0.25) is 0 Å². The Morgan fingerprint density at radius 2 is 1.59 bits per heavy atom. The van der Waals surface area contributed by atoms with E-state index < -0.39 is 18.4 Å². The Hall–Kier alpha value is -4.25. The van der Waals surface area contributed by atoms with E-state index in [0.717, 1.165) is 74.6 Å². The molecular formula is C40H49N3O8. The van der Waals surface area contributed by atoms with E-state index >= 15 is 0 Å². The summed E-state index contributed by atoms with van der Waals surface area (Å²) in [6.45, 7) is 7.90. The van der Waals surface area contributed by atoms with Crippen molar-refractivity contribution in [2.45, 2.75) is 95.9 Å². The van der Waals surface area contributed by atoms with Crippen LogP contribution in [-0.2, 0) is 11.2 Å². The van der Waals surface area contributed by atoms with Gasteiger partial charge in [0.1, 0.15) is 12.4 Å². The quantitative estimate of drug-likeness (QED) is 0.223. The van der Waals surface area contributed by atoms with Crippen LogP contribution in [0.4, 0.5) is 10.5 Å². The molecule has 6 aliphatic rings. The van der Waals surface area contributed by atoms with Gasteiger partial charge in [-0.15, -0.1) is 0 Å². The number of fused-ring (bicyclic) bond motifs is 4. The molecule has 272 valence electrons. The van der Waals surface area contributed by atoms with E-state index in [2.05, 4.69) is 11.5 Å². The van der Waals surface area contributed by atoms with Crippen LogP contribution < -0.4 is 19.1 Å². The fourth-order valence-corrected chi connectivity index (χ4v) is 8.91. The first-order valence-electron chi connectivity index (χ1n) is 18.6. The first kappa shape index (κ1) is 33.9. The molecule has 8 rings (SSSR count). The van der Waals surface area contributed by atoms with E-state index in [1.807, 2.05) is 19.1 Å². The van der Waals surface area contributed by atoms with E-state index in [9.17, 15) is 19.5 Å². The van der Waals surface area contributed by atoms with Crippen LogP contribution >= 0.6 is 0 Å². The fraction of sp³-hybridized carbons (Fsp3) is 0.575. The minimum absolute atomic E-state index is 0.0127. The number of carbonyl (C=O) groups excluding carboxylic acids is 3. The van der Waals surface area contributed by atoms with Gasteiger partial charge in [-0.2, -0.15) is 0 Å². The summed E-state index contributed by atoms with van der Waals surface area (Å²) in [5.41, 5.74) is 3.64. The molecule has 2 aromatic rings. The summed E-state index contributed by atoms with van der Waals surface area (Å²) in [6, 6.07) is 7.14. The maximum absolute atomic E-state index is 13.8. The third-order valence-electron chi connectivity index (χ3n) is 12.2. The summed E-state index contributed by atoms with van der Waals surface area (Å²) in [7, 11) is 1.61. The summed E-state index contributed by atoms with van der Waals surface area (Å²) >= 11 is 0. The van der Waals surface area contributed by atoms with Gasteiger partial charge in [-0.3, -0.25) is 9.59 Å². The molecule has 2 spiro atoms. The van der Waals surface area contributed by atoms with Gasteiger partial charge in [-0.1, -0.05) is 12.7 Å². The summed E-state index contributed by atoms with van der Waals surface area (Å²) in [6.07, 6.45) is 10.1. The number of benzene rings is 2. The SMILES string of the molecule is C=CCOC(=O)N1c2cc(OCCCCCOc3cc4c(cc3OC)C(=O)N3CC5(CC5)CC3CC4)c(C)cc2C(=O)N2CC3(CC3)C[C@H]2C1O. The highest BCUT2D eigenvalue weighted by molar-refractivity contribution is 6.06. The maximum atomic E-state index is 13.8. The summed E-state index contributed by atoms with van der Waals surface area (Å²) in [5, 5.41) is 11.5. The van der Waals surface area contributed by atoms with Gasteiger partial charge in [0.05, 0.1) is 37.6 Å². The molecule has 3 amide bonds. The number of rotatable bonds is 11. The smallest absolute Gasteiger partial charge is 0.416 e. The number of ether oxygens (including phenoxy) is 4. The van der Waals surface area contributed by atoms with Gasteiger partial charge in [0.2, 0.25) is 0 Å². The third kappa shape index (κ3) is 6.21. The molecule has 2 aliphatic carbocycles. The highest BCUT2D eigenvalue weighted by Crippen LogP contribution is 2.57. The van der Waals surface area contributed by atoms with Crippen LogP contribution in [0.3, 0.4) is 0 Å². The van der Waals surface area contributed by atoms with Gasteiger partial charge in [0, 0.05) is 30.8 Å². The lowest BCUT2D eigenvalue weighted by atomic mass is 9.97. The van der Waals surface area contributed by atoms with Crippen LogP contribution in [-0.4, -0.2) is 91.1 Å². The molecule has 11 nitrogen and oxygen atoms in total. The van der Waals surface area contributed by atoms with Gasteiger partial charge in [0.25, 0.3) is 11.8 Å². The molecule has 0 radical (unpaired) electrons. The predicted octanol–water partition coefficient (Wildman–Crippen LogP) is 6.03. The number of aliphatic hydroxyl groups is 1. The summed E-state index contributed by atoms with van der Waals surface area (Å²) in [4.78, 5) is 45.7. The molecule has 2 saturated carbocycles. The van der Waals surface area contributed by atoms with Crippen molar-refractivity contribution in [2.75, 3.05) is 44.9 Å². The molecule has 2 unspecified atom stereocenters. The fourth-order valence-electron chi connectivity index (χ4n) is 8.91. The predicted molar refractivity (Wildman–Crippen MR) is 190 cm³/mol. The van der Waals surface area contributed by atoms with Gasteiger partial charge in [-0.05, 0) is 118 Å². The molecular weight excluding hydrogens is 650 g/mol. The van der Waals surface area contributed by atoms with Crippen LogP contribution in [0.5, 0.6) is 17.2 Å². The minimum Gasteiger partial charge on any atom is -0.493 e. The molecule has 0 bridgehead atoms. The number of methoxy groups -OCH3 is 1. The lowest BCUT2D eigenvalue weighted by molar-refractivity contribution is 0.0496. The minimum atomic E-state index is -1.24. The number of carbonyl (C=O) groups is 3. The number of hydrogen-bond donors (Lipinski definition) is 1. The van der Waals surface area contributed by atoms with E-state index in [-0.39, 0.29) is 23.8 Å². The zero-order valence-corrected chi connectivity index (χ0v) is 29.8. The van der Waals surface area contributed by atoms with Crippen molar-refractivity contribution in [2.24, 2.45) is 10.8 Å². The number of aryl methyl sites for hydroxylation is 2. The second kappa shape index (κ2) is 13.1. The van der Waals surface area contributed by atoms with Crippen molar-refractivity contribution in [1.82, 2.24) is 9.80 Å². The van der Waals surface area contributed by atoms with Gasteiger partial charge >= 0.3 is 6.09 Å². The van der Waals surface area contributed by atoms with E-state index in [1.165, 1.54) is 23.8 Å². The van der Waals surface area contributed by atoms with Crippen molar-refractivity contribution in [3.8, 4) is 17.2 Å². The molecule has 3 atom stereocenters. The summed E-state index contributed by atoms with van der Waals surface area (Å²) < 4.78 is 23.4. The van der Waals surface area contributed by atoms with E-state index in [4.69, 9.17) is 18.9 Å². The van der Waals surface area contributed by atoms with Crippen molar-refractivity contribution in [3.05, 3.63) is 59.2 Å². The first-order valence-corrected chi connectivity index (χ1v) is 18.6. The zero-order chi connectivity index (χ0) is 35.5. The Bertz CT molecular complexity index is 1750. The molecule has 4 aliphatic heterocycles. The molecule has 0 aromatic heterocycles. The Kier molecular flexibility index (Phi) is 8.67. The standard InChI is InChI=1S/C40H49N3O8/c1-4-14-51-38(47)43-30-20-32(25(2)17-29(30)36(45)42-24-40(12-13-40)22-31(42)37(43)46)49-15-6-5-7-16-50-34-18-26-8-9-27-21-39(10-11-39)23-41(27)35(44)28(26)19-33(34)48-3/h4,17-20,27,31,37,46H,1,5-16,21-24H2,2-3H3/t27?,31-,37?/m0/s1. The molecule has 2 aromatic carbocycles. The molecule has 51 heavy (non-hydrogen) atoms. The Morgan fingerprint density at radius 3 is 2.29 bits per heavy atom.